The van der Waals surface area contributed by atoms with E-state index in [0.717, 1.165) is 27.8 Å². The largest absolute Gasteiger partial charge is 0.507 e. The number of hydrogen-bond acceptors (Lipinski definition) is 3. The Bertz CT molecular complexity index is 922. The molecule has 0 amide bonds. The molecule has 0 unspecified atom stereocenters. The molecule has 0 saturated carbocycles. The van der Waals surface area contributed by atoms with Gasteiger partial charge < -0.3 is 9.84 Å². The SMILES string of the molecule is N#Cc1cc2c(c3cccc(O)c13)OCc1ccccc1-2. The molecule has 3 nitrogen and oxygen atoms in total. The van der Waals surface area contributed by atoms with Crippen molar-refractivity contribution < 1.29 is 9.84 Å². The Hall–Kier alpha value is -2.99. The van der Waals surface area contributed by atoms with Gasteiger partial charge in [-0.2, -0.15) is 5.26 Å². The summed E-state index contributed by atoms with van der Waals surface area (Å²) in [5.41, 5.74) is 3.56. The highest BCUT2D eigenvalue weighted by molar-refractivity contribution is 6.02. The van der Waals surface area contributed by atoms with E-state index >= 15 is 0 Å². The third kappa shape index (κ3) is 1.60. The van der Waals surface area contributed by atoms with Crippen molar-refractivity contribution >= 4 is 10.8 Å². The summed E-state index contributed by atoms with van der Waals surface area (Å²) < 4.78 is 5.90. The minimum atomic E-state index is 0.106. The summed E-state index contributed by atoms with van der Waals surface area (Å²) in [7, 11) is 0. The van der Waals surface area contributed by atoms with Crippen molar-refractivity contribution in [1.82, 2.24) is 0 Å². The third-order valence-electron chi connectivity index (χ3n) is 3.89. The second-order valence-corrected chi connectivity index (χ2v) is 5.06. The van der Waals surface area contributed by atoms with Crippen LogP contribution in [0.15, 0.2) is 48.5 Å². The summed E-state index contributed by atoms with van der Waals surface area (Å²) >= 11 is 0. The monoisotopic (exact) mass is 273 g/mol. The summed E-state index contributed by atoms with van der Waals surface area (Å²) in [6, 6.07) is 17.2. The van der Waals surface area contributed by atoms with Gasteiger partial charge in [0.1, 0.15) is 18.1 Å². The van der Waals surface area contributed by atoms with E-state index in [-0.39, 0.29) is 5.75 Å². The van der Waals surface area contributed by atoms with Crippen LogP contribution in [-0.4, -0.2) is 5.11 Å². The van der Waals surface area contributed by atoms with Crippen LogP contribution in [0.25, 0.3) is 21.9 Å². The van der Waals surface area contributed by atoms with Gasteiger partial charge in [-0.15, -0.1) is 0 Å². The maximum Gasteiger partial charge on any atom is 0.135 e. The van der Waals surface area contributed by atoms with E-state index in [1.54, 1.807) is 18.2 Å². The highest BCUT2D eigenvalue weighted by Crippen LogP contribution is 2.45. The van der Waals surface area contributed by atoms with Crippen LogP contribution in [-0.2, 0) is 6.61 Å². The lowest BCUT2D eigenvalue weighted by Crippen LogP contribution is -2.06. The summed E-state index contributed by atoms with van der Waals surface area (Å²) in [4.78, 5) is 0. The number of fused-ring (bicyclic) bond motifs is 5. The second kappa shape index (κ2) is 4.26. The zero-order valence-corrected chi connectivity index (χ0v) is 11.1. The normalized spacial score (nSPS) is 12.1. The van der Waals surface area contributed by atoms with E-state index in [1.165, 1.54) is 0 Å². The number of phenolic OH excluding ortho intramolecular Hbond substituents is 1. The molecule has 0 radical (unpaired) electrons. The molecule has 4 rings (SSSR count). The number of nitriles is 1. The number of nitrogens with zero attached hydrogens (tertiary/aromatic N) is 1. The second-order valence-electron chi connectivity index (χ2n) is 5.06. The maximum atomic E-state index is 10.1. The van der Waals surface area contributed by atoms with Crippen molar-refractivity contribution in [2.24, 2.45) is 0 Å². The fourth-order valence-corrected chi connectivity index (χ4v) is 2.94. The highest BCUT2D eigenvalue weighted by atomic mass is 16.5. The zero-order chi connectivity index (χ0) is 14.4. The van der Waals surface area contributed by atoms with Crippen LogP contribution >= 0.6 is 0 Å². The van der Waals surface area contributed by atoms with Gasteiger partial charge in [0.2, 0.25) is 0 Å². The first-order valence-electron chi connectivity index (χ1n) is 6.69. The van der Waals surface area contributed by atoms with Crippen LogP contribution in [0, 0.1) is 11.3 Å². The number of rotatable bonds is 0. The van der Waals surface area contributed by atoms with Gasteiger partial charge >= 0.3 is 0 Å². The molecule has 0 atom stereocenters. The van der Waals surface area contributed by atoms with E-state index in [4.69, 9.17) is 4.74 Å². The molecule has 1 N–H and O–H groups in total. The quantitative estimate of drug-likeness (QED) is 0.674. The van der Waals surface area contributed by atoms with Gasteiger partial charge in [0.15, 0.2) is 0 Å². The molecule has 1 aliphatic heterocycles. The summed E-state index contributed by atoms with van der Waals surface area (Å²) in [5.74, 6) is 0.841. The molecule has 3 aromatic carbocycles. The van der Waals surface area contributed by atoms with Crippen LogP contribution in [0.2, 0.25) is 0 Å². The predicted molar refractivity (Wildman–Crippen MR) is 80.1 cm³/mol. The van der Waals surface area contributed by atoms with Crippen molar-refractivity contribution in [3.63, 3.8) is 0 Å². The van der Waals surface area contributed by atoms with Gasteiger partial charge in [0.25, 0.3) is 0 Å². The van der Waals surface area contributed by atoms with Crippen LogP contribution < -0.4 is 4.74 Å². The van der Waals surface area contributed by atoms with Crippen molar-refractivity contribution in [3.8, 4) is 28.7 Å². The zero-order valence-electron chi connectivity index (χ0n) is 11.1. The van der Waals surface area contributed by atoms with Crippen LogP contribution in [0.5, 0.6) is 11.5 Å². The molecule has 0 bridgehead atoms. The number of hydrogen-bond donors (Lipinski definition) is 1. The van der Waals surface area contributed by atoms with E-state index in [1.807, 2.05) is 30.3 Å². The number of aromatic hydroxyl groups is 1. The Morgan fingerprint density at radius 3 is 2.76 bits per heavy atom. The van der Waals surface area contributed by atoms with E-state index in [9.17, 15) is 10.4 Å². The van der Waals surface area contributed by atoms with E-state index in [0.29, 0.717) is 17.6 Å². The average Bonchev–Trinajstić information content (AvgIpc) is 2.54. The topological polar surface area (TPSA) is 53.2 Å². The maximum absolute atomic E-state index is 10.1. The lowest BCUT2D eigenvalue weighted by atomic mass is 9.91. The van der Waals surface area contributed by atoms with Gasteiger partial charge in [-0.25, -0.2) is 0 Å². The molecule has 1 heterocycles. The first-order valence-corrected chi connectivity index (χ1v) is 6.69. The first-order chi connectivity index (χ1) is 10.3. The molecular weight excluding hydrogens is 262 g/mol. The molecule has 0 fully saturated rings. The van der Waals surface area contributed by atoms with Crippen molar-refractivity contribution in [3.05, 3.63) is 59.7 Å². The Morgan fingerprint density at radius 2 is 1.90 bits per heavy atom. The molecule has 0 aromatic heterocycles. The Balaban J connectivity index is 2.17. The molecule has 0 spiro atoms. The van der Waals surface area contributed by atoms with Gasteiger partial charge in [-0.1, -0.05) is 36.4 Å². The Kier molecular flexibility index (Phi) is 2.39. The van der Waals surface area contributed by atoms with Gasteiger partial charge in [-0.3, -0.25) is 0 Å². The lowest BCUT2D eigenvalue weighted by molar-refractivity contribution is 0.306. The van der Waals surface area contributed by atoms with E-state index < -0.39 is 0 Å². The number of ether oxygens (including phenoxy) is 1. The highest BCUT2D eigenvalue weighted by Gasteiger charge is 2.22. The third-order valence-corrected chi connectivity index (χ3v) is 3.89. The molecule has 0 aliphatic carbocycles. The van der Waals surface area contributed by atoms with Crippen molar-refractivity contribution in [2.45, 2.75) is 6.61 Å². The molecule has 3 aromatic rings. The Morgan fingerprint density at radius 1 is 1.05 bits per heavy atom. The average molecular weight is 273 g/mol. The fourth-order valence-electron chi connectivity index (χ4n) is 2.94. The first kappa shape index (κ1) is 11.8. The van der Waals surface area contributed by atoms with Gasteiger partial charge in [0.05, 0.1) is 11.6 Å². The summed E-state index contributed by atoms with van der Waals surface area (Å²) in [6.45, 7) is 0.500. The van der Waals surface area contributed by atoms with Crippen LogP contribution in [0.1, 0.15) is 11.1 Å². The molecular formula is C18H11NO2. The van der Waals surface area contributed by atoms with Gasteiger partial charge in [0, 0.05) is 16.3 Å². The summed E-state index contributed by atoms with van der Waals surface area (Å²) in [6.07, 6.45) is 0. The standard InChI is InChI=1S/C18H11NO2/c19-9-12-8-15-13-5-2-1-4-11(13)10-21-18(15)14-6-3-7-16(20)17(12)14/h1-8,20H,10H2. The molecule has 100 valence electrons. The van der Waals surface area contributed by atoms with Crippen LogP contribution in [0.3, 0.4) is 0 Å². The van der Waals surface area contributed by atoms with Crippen LogP contribution in [0.4, 0.5) is 0 Å². The van der Waals surface area contributed by atoms with E-state index in [2.05, 4.69) is 6.07 Å². The fraction of sp³-hybridized carbons (Fsp3) is 0.0556. The molecule has 0 saturated heterocycles. The number of benzene rings is 3. The summed E-state index contributed by atoms with van der Waals surface area (Å²) in [5, 5.41) is 20.8. The Labute approximate surface area is 121 Å². The predicted octanol–water partition coefficient (Wildman–Crippen LogP) is 3.98. The van der Waals surface area contributed by atoms with Gasteiger partial charge in [-0.05, 0) is 23.3 Å². The minimum absolute atomic E-state index is 0.106. The molecule has 1 aliphatic rings. The minimum Gasteiger partial charge on any atom is -0.507 e. The molecule has 3 heteroatoms. The van der Waals surface area contributed by atoms with Crippen molar-refractivity contribution in [2.75, 3.05) is 0 Å². The van der Waals surface area contributed by atoms with Crippen molar-refractivity contribution in [1.29, 1.82) is 5.26 Å². The smallest absolute Gasteiger partial charge is 0.135 e. The lowest BCUT2D eigenvalue weighted by Gasteiger charge is -2.23. The number of phenols is 1. The molecule has 21 heavy (non-hydrogen) atoms.